The molecular formula is C15H21F2NO3. The lowest BCUT2D eigenvalue weighted by atomic mass is 9.96. The second kappa shape index (κ2) is 7.93. The van der Waals surface area contributed by atoms with E-state index in [-0.39, 0.29) is 5.75 Å². The van der Waals surface area contributed by atoms with E-state index in [1.165, 1.54) is 6.07 Å². The van der Waals surface area contributed by atoms with Gasteiger partial charge in [-0.05, 0) is 45.2 Å². The minimum atomic E-state index is -1.02. The van der Waals surface area contributed by atoms with Gasteiger partial charge in [-0.25, -0.2) is 8.78 Å². The molecule has 0 aliphatic rings. The van der Waals surface area contributed by atoms with Crippen LogP contribution in [0, 0.1) is 11.6 Å². The number of halogens is 2. The predicted octanol–water partition coefficient (Wildman–Crippen LogP) is 2.79. The normalized spacial score (nSPS) is 13.6. The number of carbonyl (C=O) groups is 1. The van der Waals surface area contributed by atoms with E-state index in [0.717, 1.165) is 12.1 Å². The van der Waals surface area contributed by atoms with E-state index in [0.29, 0.717) is 32.5 Å². The summed E-state index contributed by atoms with van der Waals surface area (Å²) < 4.78 is 35.9. The molecule has 0 radical (unpaired) electrons. The number of hydrogen-bond donors (Lipinski definition) is 1. The molecule has 0 bridgehead atoms. The number of benzene rings is 1. The lowest BCUT2D eigenvalue weighted by Gasteiger charge is -2.21. The number of unbranched alkanes of at least 4 members (excludes halogenated alkanes) is 1. The van der Waals surface area contributed by atoms with Crippen molar-refractivity contribution in [2.45, 2.75) is 38.6 Å². The molecule has 0 aliphatic heterocycles. The first-order valence-electron chi connectivity index (χ1n) is 6.91. The van der Waals surface area contributed by atoms with E-state index in [4.69, 9.17) is 15.2 Å². The molecule has 4 nitrogen and oxygen atoms in total. The Bertz CT molecular complexity index is 478. The standard InChI is InChI=1S/C15H21F2NO3/c1-3-20-14(19)15(2,18)8-4-5-9-21-11-6-7-12(16)13(17)10-11/h6-7,10H,3-5,8-9,18H2,1-2H3. The Morgan fingerprint density at radius 1 is 1.29 bits per heavy atom. The zero-order valence-electron chi connectivity index (χ0n) is 12.3. The van der Waals surface area contributed by atoms with Gasteiger partial charge in [0.1, 0.15) is 11.3 Å². The number of ether oxygens (including phenoxy) is 2. The highest BCUT2D eigenvalue weighted by atomic mass is 19.2. The summed E-state index contributed by atoms with van der Waals surface area (Å²) in [4.78, 5) is 11.6. The molecule has 0 spiro atoms. The van der Waals surface area contributed by atoms with Crippen LogP contribution in [0.3, 0.4) is 0 Å². The van der Waals surface area contributed by atoms with Crippen molar-refractivity contribution in [3.05, 3.63) is 29.8 Å². The fourth-order valence-electron chi connectivity index (χ4n) is 1.75. The van der Waals surface area contributed by atoms with Gasteiger partial charge in [-0.2, -0.15) is 0 Å². The molecule has 1 aromatic carbocycles. The van der Waals surface area contributed by atoms with Crippen molar-refractivity contribution in [3.63, 3.8) is 0 Å². The zero-order valence-corrected chi connectivity index (χ0v) is 12.3. The van der Waals surface area contributed by atoms with Gasteiger partial charge in [-0.1, -0.05) is 0 Å². The van der Waals surface area contributed by atoms with Crippen molar-refractivity contribution in [2.24, 2.45) is 5.73 Å². The van der Waals surface area contributed by atoms with Crippen LogP contribution in [-0.4, -0.2) is 24.7 Å². The molecular weight excluding hydrogens is 280 g/mol. The summed E-state index contributed by atoms with van der Waals surface area (Å²) in [5.74, 6) is -2.00. The molecule has 21 heavy (non-hydrogen) atoms. The number of hydrogen-bond acceptors (Lipinski definition) is 4. The third-order valence-corrected chi connectivity index (χ3v) is 2.99. The average molecular weight is 301 g/mol. The van der Waals surface area contributed by atoms with Gasteiger partial charge in [0.2, 0.25) is 0 Å². The van der Waals surface area contributed by atoms with Gasteiger partial charge in [-0.15, -0.1) is 0 Å². The van der Waals surface area contributed by atoms with Crippen LogP contribution in [0.4, 0.5) is 8.78 Å². The SMILES string of the molecule is CCOC(=O)C(C)(N)CCCCOc1ccc(F)c(F)c1. The summed E-state index contributed by atoms with van der Waals surface area (Å²) in [6.07, 6.45) is 1.77. The van der Waals surface area contributed by atoms with Gasteiger partial charge in [0.25, 0.3) is 0 Å². The number of nitrogens with two attached hydrogens (primary N) is 1. The highest BCUT2D eigenvalue weighted by Crippen LogP contribution is 2.17. The minimum absolute atomic E-state index is 0.273. The molecule has 0 amide bonds. The Labute approximate surface area is 123 Å². The summed E-state index contributed by atoms with van der Waals surface area (Å²) in [6.45, 7) is 3.99. The highest BCUT2D eigenvalue weighted by molar-refractivity contribution is 5.79. The summed E-state index contributed by atoms with van der Waals surface area (Å²) in [5.41, 5.74) is 4.85. The van der Waals surface area contributed by atoms with Gasteiger partial charge in [0.15, 0.2) is 11.6 Å². The van der Waals surface area contributed by atoms with Crippen LogP contribution in [0.25, 0.3) is 0 Å². The number of esters is 1. The molecule has 0 heterocycles. The molecule has 2 N–H and O–H groups in total. The van der Waals surface area contributed by atoms with Crippen LogP contribution >= 0.6 is 0 Å². The fraction of sp³-hybridized carbons (Fsp3) is 0.533. The largest absolute Gasteiger partial charge is 0.493 e. The van der Waals surface area contributed by atoms with Crippen LogP contribution in [0.5, 0.6) is 5.75 Å². The monoisotopic (exact) mass is 301 g/mol. The summed E-state index contributed by atoms with van der Waals surface area (Å²) in [7, 11) is 0. The molecule has 1 rings (SSSR count). The molecule has 6 heteroatoms. The lowest BCUT2D eigenvalue weighted by Crippen LogP contribution is -2.46. The smallest absolute Gasteiger partial charge is 0.325 e. The summed E-state index contributed by atoms with van der Waals surface area (Å²) >= 11 is 0. The van der Waals surface area contributed by atoms with Crippen LogP contribution in [0.2, 0.25) is 0 Å². The molecule has 1 atom stereocenters. The van der Waals surface area contributed by atoms with Crippen molar-refractivity contribution >= 4 is 5.97 Å². The quantitative estimate of drug-likeness (QED) is 0.592. The maximum Gasteiger partial charge on any atom is 0.325 e. The first-order valence-corrected chi connectivity index (χ1v) is 6.91. The summed E-state index contributed by atoms with van der Waals surface area (Å²) in [5, 5.41) is 0. The molecule has 0 aliphatic carbocycles. The van der Waals surface area contributed by atoms with Gasteiger partial charge in [-0.3, -0.25) is 4.79 Å². The van der Waals surface area contributed by atoms with E-state index < -0.39 is 23.1 Å². The second-order valence-electron chi connectivity index (χ2n) is 5.02. The van der Waals surface area contributed by atoms with Gasteiger partial charge < -0.3 is 15.2 Å². The maximum absolute atomic E-state index is 12.9. The minimum Gasteiger partial charge on any atom is -0.493 e. The van der Waals surface area contributed by atoms with E-state index >= 15 is 0 Å². The lowest BCUT2D eigenvalue weighted by molar-refractivity contribution is -0.149. The molecule has 1 unspecified atom stereocenters. The van der Waals surface area contributed by atoms with E-state index in [1.54, 1.807) is 13.8 Å². The van der Waals surface area contributed by atoms with Crippen LogP contribution < -0.4 is 10.5 Å². The molecule has 1 aromatic rings. The van der Waals surface area contributed by atoms with E-state index in [1.807, 2.05) is 0 Å². The third kappa shape index (κ3) is 5.67. The maximum atomic E-state index is 12.9. The third-order valence-electron chi connectivity index (χ3n) is 2.99. The van der Waals surface area contributed by atoms with E-state index in [9.17, 15) is 13.6 Å². The zero-order chi connectivity index (χ0) is 15.9. The fourth-order valence-corrected chi connectivity index (χ4v) is 1.75. The average Bonchev–Trinajstić information content (AvgIpc) is 2.42. The Morgan fingerprint density at radius 2 is 2.00 bits per heavy atom. The molecule has 0 aromatic heterocycles. The number of rotatable bonds is 8. The Hall–Kier alpha value is -1.69. The Kier molecular flexibility index (Phi) is 6.55. The Balaban J connectivity index is 2.28. The first kappa shape index (κ1) is 17.4. The first-order chi connectivity index (χ1) is 9.86. The Morgan fingerprint density at radius 3 is 2.62 bits per heavy atom. The van der Waals surface area contributed by atoms with Gasteiger partial charge >= 0.3 is 5.97 Å². The molecule has 118 valence electrons. The van der Waals surface area contributed by atoms with Crippen molar-refractivity contribution in [1.82, 2.24) is 0 Å². The highest BCUT2D eigenvalue weighted by Gasteiger charge is 2.28. The topological polar surface area (TPSA) is 61.5 Å². The van der Waals surface area contributed by atoms with Crippen LogP contribution in [0.15, 0.2) is 18.2 Å². The molecule has 0 saturated carbocycles. The molecule has 0 fully saturated rings. The van der Waals surface area contributed by atoms with Crippen molar-refractivity contribution in [3.8, 4) is 5.75 Å². The predicted molar refractivity (Wildman–Crippen MR) is 74.9 cm³/mol. The van der Waals surface area contributed by atoms with E-state index in [2.05, 4.69) is 0 Å². The van der Waals surface area contributed by atoms with Crippen molar-refractivity contribution in [1.29, 1.82) is 0 Å². The van der Waals surface area contributed by atoms with Crippen molar-refractivity contribution < 1.29 is 23.0 Å². The summed E-state index contributed by atoms with van der Waals surface area (Å²) in [6, 6.07) is 3.38. The number of carbonyl (C=O) groups excluding carboxylic acids is 1. The van der Waals surface area contributed by atoms with Crippen LogP contribution in [-0.2, 0) is 9.53 Å². The molecule has 0 saturated heterocycles. The van der Waals surface area contributed by atoms with Gasteiger partial charge in [0.05, 0.1) is 13.2 Å². The van der Waals surface area contributed by atoms with Gasteiger partial charge in [0, 0.05) is 6.07 Å². The van der Waals surface area contributed by atoms with Crippen LogP contribution in [0.1, 0.15) is 33.1 Å². The second-order valence-corrected chi connectivity index (χ2v) is 5.02. The van der Waals surface area contributed by atoms with Crippen molar-refractivity contribution in [2.75, 3.05) is 13.2 Å².